The summed E-state index contributed by atoms with van der Waals surface area (Å²) in [6, 6.07) is 6.90. The molecule has 1 aliphatic rings. The molecule has 0 radical (unpaired) electrons. The minimum absolute atomic E-state index is 0.512. The van der Waals surface area contributed by atoms with Crippen molar-refractivity contribution in [1.29, 1.82) is 0 Å². The third-order valence-corrected chi connectivity index (χ3v) is 8.24. The van der Waals surface area contributed by atoms with E-state index in [-0.39, 0.29) is 0 Å². The van der Waals surface area contributed by atoms with E-state index in [1.165, 1.54) is 11.3 Å². The molecule has 4 atom stereocenters. The molecule has 1 N–H and O–H groups in total. The number of thioether (sulfide) groups is 2. The Morgan fingerprint density at radius 3 is 2.71 bits per heavy atom. The van der Waals surface area contributed by atoms with Crippen LogP contribution in [-0.4, -0.2) is 41.7 Å². The smallest absolute Gasteiger partial charge is 0.133 e. The summed E-state index contributed by atoms with van der Waals surface area (Å²) in [4.78, 5) is 0. The van der Waals surface area contributed by atoms with E-state index in [1.54, 1.807) is 7.11 Å². The second kappa shape index (κ2) is 8.14. The Labute approximate surface area is 145 Å². The first kappa shape index (κ1) is 17.5. The number of likely N-dealkylation sites (N-methyl/N-ethyl adjacent to an activating group) is 1. The first-order chi connectivity index (χ1) is 10.0. The first-order valence-corrected chi connectivity index (χ1v) is 10.1. The molecule has 0 aliphatic carbocycles. The molecule has 1 heterocycles. The Kier molecular flexibility index (Phi) is 6.79. The van der Waals surface area contributed by atoms with Crippen molar-refractivity contribution in [3.05, 3.63) is 28.2 Å². The van der Waals surface area contributed by atoms with Crippen LogP contribution in [0, 0.1) is 0 Å². The van der Waals surface area contributed by atoms with E-state index in [0.29, 0.717) is 11.3 Å². The van der Waals surface area contributed by atoms with Gasteiger partial charge >= 0.3 is 0 Å². The van der Waals surface area contributed by atoms with Gasteiger partial charge in [-0.05, 0) is 47.1 Å². The lowest BCUT2D eigenvalue weighted by Gasteiger charge is -2.36. The molecule has 1 aromatic carbocycles. The van der Waals surface area contributed by atoms with Crippen LogP contribution >= 0.6 is 39.5 Å². The Morgan fingerprint density at radius 2 is 2.14 bits per heavy atom. The number of ether oxygens (including phenoxy) is 1. The van der Waals surface area contributed by atoms with Gasteiger partial charge in [0.05, 0.1) is 11.6 Å². The van der Waals surface area contributed by atoms with Gasteiger partial charge in [-0.3, -0.25) is 0 Å². The van der Waals surface area contributed by atoms with E-state index in [4.69, 9.17) is 4.74 Å². The van der Waals surface area contributed by atoms with Gasteiger partial charge in [-0.15, -0.1) is 0 Å². The summed E-state index contributed by atoms with van der Waals surface area (Å²) in [5.41, 5.74) is 1.35. The van der Waals surface area contributed by atoms with Crippen LogP contribution in [0.4, 0.5) is 0 Å². The average Bonchev–Trinajstić information content (AvgIpc) is 2.48. The molecule has 4 unspecified atom stereocenters. The van der Waals surface area contributed by atoms with Crippen LogP contribution in [0.1, 0.15) is 19.4 Å². The topological polar surface area (TPSA) is 21.3 Å². The summed E-state index contributed by atoms with van der Waals surface area (Å²) in [5.74, 6) is 2.13. The molecule has 0 saturated carbocycles. The van der Waals surface area contributed by atoms with Gasteiger partial charge in [0.2, 0.25) is 0 Å². The normalized spacial score (nSPS) is 27.4. The zero-order valence-electron chi connectivity index (χ0n) is 13.1. The monoisotopic (exact) mass is 389 g/mol. The number of hydrogen-bond acceptors (Lipinski definition) is 4. The van der Waals surface area contributed by atoms with Crippen molar-refractivity contribution < 1.29 is 4.74 Å². The maximum atomic E-state index is 5.30. The van der Waals surface area contributed by atoms with Crippen LogP contribution in [0.15, 0.2) is 22.7 Å². The molecule has 2 rings (SSSR count). The number of nitrogens with one attached hydrogen (secondary N) is 1. The van der Waals surface area contributed by atoms with Crippen molar-refractivity contribution in [1.82, 2.24) is 5.32 Å². The van der Waals surface area contributed by atoms with Gasteiger partial charge in [0.1, 0.15) is 5.75 Å². The molecule has 0 aromatic heterocycles. The minimum atomic E-state index is 0.512. The molecule has 2 nitrogen and oxygen atoms in total. The van der Waals surface area contributed by atoms with E-state index >= 15 is 0 Å². The second-order valence-electron chi connectivity index (χ2n) is 5.49. The van der Waals surface area contributed by atoms with Gasteiger partial charge in [-0.25, -0.2) is 0 Å². The summed E-state index contributed by atoms with van der Waals surface area (Å²) in [6.45, 7) is 4.69. The van der Waals surface area contributed by atoms with Gasteiger partial charge < -0.3 is 10.1 Å². The fraction of sp³-hybridized carbons (Fsp3) is 0.625. The van der Waals surface area contributed by atoms with Crippen molar-refractivity contribution in [3.8, 4) is 5.75 Å². The van der Waals surface area contributed by atoms with Crippen LogP contribution in [0.25, 0.3) is 0 Å². The zero-order valence-corrected chi connectivity index (χ0v) is 16.3. The SMILES string of the molecule is CNC(Cc1ccc(OC)c(Br)c1)C1CSC(C)C(C)S1. The Bertz CT molecular complexity index is 472. The van der Waals surface area contributed by atoms with Gasteiger partial charge in [-0.1, -0.05) is 19.9 Å². The van der Waals surface area contributed by atoms with Gasteiger partial charge in [-0.2, -0.15) is 23.5 Å². The maximum absolute atomic E-state index is 5.30. The highest BCUT2D eigenvalue weighted by atomic mass is 79.9. The third-order valence-electron chi connectivity index (χ3n) is 4.07. The molecule has 1 saturated heterocycles. The van der Waals surface area contributed by atoms with Crippen LogP contribution < -0.4 is 10.1 Å². The first-order valence-electron chi connectivity index (χ1n) is 7.32. The van der Waals surface area contributed by atoms with E-state index in [9.17, 15) is 0 Å². The fourth-order valence-corrected chi connectivity index (χ4v) is 6.29. The van der Waals surface area contributed by atoms with Gasteiger partial charge in [0, 0.05) is 27.5 Å². The summed E-state index contributed by atoms with van der Waals surface area (Å²) in [6.07, 6.45) is 1.05. The van der Waals surface area contributed by atoms with Crippen molar-refractivity contribution >= 4 is 39.5 Å². The summed E-state index contributed by atoms with van der Waals surface area (Å²) in [7, 11) is 3.78. The van der Waals surface area contributed by atoms with Crippen molar-refractivity contribution in [3.63, 3.8) is 0 Å². The Morgan fingerprint density at radius 1 is 1.38 bits per heavy atom. The average molecular weight is 390 g/mol. The quantitative estimate of drug-likeness (QED) is 0.813. The molecule has 0 spiro atoms. The number of benzene rings is 1. The van der Waals surface area contributed by atoms with Crippen LogP contribution in [-0.2, 0) is 6.42 Å². The van der Waals surface area contributed by atoms with E-state index in [0.717, 1.165) is 27.1 Å². The molecule has 1 aromatic rings. The predicted octanol–water partition coefficient (Wildman–Crippen LogP) is 4.21. The fourth-order valence-electron chi connectivity index (χ4n) is 2.53. The number of hydrogen-bond donors (Lipinski definition) is 1. The third kappa shape index (κ3) is 4.57. The molecule has 0 amide bonds. The molecule has 1 fully saturated rings. The van der Waals surface area contributed by atoms with Crippen molar-refractivity contribution in [2.45, 2.75) is 42.1 Å². The Hall–Kier alpha value is 0.160. The lowest BCUT2D eigenvalue weighted by atomic mass is 10.0. The number of halogens is 1. The second-order valence-corrected chi connectivity index (χ2v) is 9.37. The largest absolute Gasteiger partial charge is 0.496 e. The van der Waals surface area contributed by atoms with Crippen LogP contribution in [0.5, 0.6) is 5.75 Å². The molecule has 21 heavy (non-hydrogen) atoms. The van der Waals surface area contributed by atoms with Crippen LogP contribution in [0.3, 0.4) is 0 Å². The molecule has 0 bridgehead atoms. The minimum Gasteiger partial charge on any atom is -0.496 e. The van der Waals surface area contributed by atoms with Gasteiger partial charge in [0.25, 0.3) is 0 Å². The highest BCUT2D eigenvalue weighted by Crippen LogP contribution is 2.37. The number of rotatable bonds is 5. The lowest BCUT2D eigenvalue weighted by molar-refractivity contribution is 0.412. The number of methoxy groups -OCH3 is 1. The van der Waals surface area contributed by atoms with E-state index < -0.39 is 0 Å². The van der Waals surface area contributed by atoms with Gasteiger partial charge in [0.15, 0.2) is 0 Å². The molecule has 1 aliphatic heterocycles. The van der Waals surface area contributed by atoms with E-state index in [2.05, 4.69) is 77.8 Å². The molecule has 5 heteroatoms. The highest BCUT2D eigenvalue weighted by Gasteiger charge is 2.30. The van der Waals surface area contributed by atoms with Crippen molar-refractivity contribution in [2.75, 3.05) is 19.9 Å². The summed E-state index contributed by atoms with van der Waals surface area (Å²) in [5, 5.41) is 5.69. The zero-order chi connectivity index (χ0) is 15.4. The lowest BCUT2D eigenvalue weighted by Crippen LogP contribution is -2.43. The summed E-state index contributed by atoms with van der Waals surface area (Å²) < 4.78 is 6.34. The van der Waals surface area contributed by atoms with Crippen molar-refractivity contribution in [2.24, 2.45) is 0 Å². The highest BCUT2D eigenvalue weighted by molar-refractivity contribution is 9.10. The standard InChI is InChI=1S/C16H24BrNOS2/c1-10-11(2)21-16(9-20-10)14(18-3)8-12-5-6-15(19-4)13(17)7-12/h5-7,10-11,14,16,18H,8-9H2,1-4H3. The Balaban J connectivity index is 2.03. The molecular weight excluding hydrogens is 366 g/mol. The molecular formula is C16H24BrNOS2. The predicted molar refractivity (Wildman–Crippen MR) is 100 cm³/mol. The van der Waals surface area contributed by atoms with E-state index in [1.807, 2.05) is 6.07 Å². The van der Waals surface area contributed by atoms with Crippen LogP contribution in [0.2, 0.25) is 0 Å². The maximum Gasteiger partial charge on any atom is 0.133 e. The summed E-state index contributed by atoms with van der Waals surface area (Å²) >= 11 is 7.82. The molecule has 118 valence electrons.